The van der Waals surface area contributed by atoms with Crippen molar-refractivity contribution in [3.05, 3.63) is 82.4 Å². The number of nitrogens with one attached hydrogen (secondary N) is 1. The average molecular weight is 479 g/mol. The second-order valence-corrected chi connectivity index (χ2v) is 9.45. The molecule has 1 saturated heterocycles. The fraction of sp³-hybridized carbons (Fsp3) is 0.269. The van der Waals surface area contributed by atoms with Gasteiger partial charge in [-0.05, 0) is 74.9 Å². The van der Waals surface area contributed by atoms with E-state index in [2.05, 4.69) is 10.4 Å². The minimum Gasteiger partial charge on any atom is -0.337 e. The molecule has 1 aliphatic rings. The molecule has 1 N–H and O–H groups in total. The van der Waals surface area contributed by atoms with Crippen LogP contribution in [-0.2, 0) is 4.79 Å². The molecule has 2 amide bonds. The van der Waals surface area contributed by atoms with E-state index >= 15 is 0 Å². The molecule has 1 aliphatic heterocycles. The number of anilines is 1. The zero-order valence-corrected chi connectivity index (χ0v) is 20.3. The Morgan fingerprint density at radius 3 is 2.44 bits per heavy atom. The van der Waals surface area contributed by atoms with Crippen molar-refractivity contribution < 1.29 is 14.0 Å². The Kier molecular flexibility index (Phi) is 7.17. The fourth-order valence-corrected chi connectivity index (χ4v) is 4.85. The Morgan fingerprint density at radius 2 is 1.76 bits per heavy atom. The number of aromatic nitrogens is 2. The van der Waals surface area contributed by atoms with Crippen LogP contribution in [0.1, 0.15) is 32.9 Å². The lowest BCUT2D eigenvalue weighted by Crippen LogP contribution is -2.37. The number of rotatable bonds is 5. The van der Waals surface area contributed by atoms with Gasteiger partial charge in [-0.15, -0.1) is 0 Å². The van der Waals surface area contributed by atoms with E-state index in [0.717, 1.165) is 52.8 Å². The first-order chi connectivity index (χ1) is 16.3. The van der Waals surface area contributed by atoms with Crippen molar-refractivity contribution in [2.24, 2.45) is 0 Å². The topological polar surface area (TPSA) is 67.2 Å². The summed E-state index contributed by atoms with van der Waals surface area (Å²) in [6.07, 6.45) is 3.20. The van der Waals surface area contributed by atoms with Crippen molar-refractivity contribution in [2.45, 2.75) is 20.8 Å². The van der Waals surface area contributed by atoms with Crippen LogP contribution in [0.2, 0.25) is 0 Å². The minimum absolute atomic E-state index is 0.0327. The van der Waals surface area contributed by atoms with E-state index in [4.69, 9.17) is 0 Å². The van der Waals surface area contributed by atoms with Gasteiger partial charge in [-0.3, -0.25) is 9.59 Å². The quantitative estimate of drug-likeness (QED) is 0.536. The van der Waals surface area contributed by atoms with Gasteiger partial charge in [0.2, 0.25) is 5.91 Å². The van der Waals surface area contributed by atoms with Crippen LogP contribution in [-0.4, -0.2) is 51.1 Å². The summed E-state index contributed by atoms with van der Waals surface area (Å²) in [7, 11) is 0. The van der Waals surface area contributed by atoms with Gasteiger partial charge in [0, 0.05) is 53.2 Å². The molecule has 0 atom stereocenters. The largest absolute Gasteiger partial charge is 0.337 e. The molecule has 0 spiro atoms. The lowest BCUT2D eigenvalue weighted by atomic mass is 10.1. The highest BCUT2D eigenvalue weighted by Gasteiger charge is 2.19. The first kappa shape index (κ1) is 23.8. The van der Waals surface area contributed by atoms with E-state index in [1.807, 2.05) is 43.5 Å². The molecule has 34 heavy (non-hydrogen) atoms. The SMILES string of the molecule is Cc1cc(C(=O)N2CCSCC2)ccc1NC(=O)/C=C/c1c(C)nn(-c2ccc(F)cc2)c1C. The molecule has 0 bridgehead atoms. The Balaban J connectivity index is 1.45. The molecule has 0 unspecified atom stereocenters. The van der Waals surface area contributed by atoms with Gasteiger partial charge in [-0.25, -0.2) is 9.07 Å². The molecule has 2 heterocycles. The van der Waals surface area contributed by atoms with E-state index in [-0.39, 0.29) is 17.6 Å². The number of hydrogen-bond donors (Lipinski definition) is 1. The van der Waals surface area contributed by atoms with Gasteiger partial charge in [0.15, 0.2) is 0 Å². The van der Waals surface area contributed by atoms with Crippen LogP contribution < -0.4 is 5.32 Å². The zero-order valence-electron chi connectivity index (χ0n) is 19.5. The van der Waals surface area contributed by atoms with Crippen molar-refractivity contribution in [3.63, 3.8) is 0 Å². The molecule has 1 aromatic heterocycles. The molecule has 0 aliphatic carbocycles. The number of amides is 2. The van der Waals surface area contributed by atoms with Crippen LogP contribution >= 0.6 is 11.8 Å². The molecule has 8 heteroatoms. The summed E-state index contributed by atoms with van der Waals surface area (Å²) in [5, 5.41) is 7.41. The lowest BCUT2D eigenvalue weighted by molar-refractivity contribution is -0.111. The predicted molar refractivity (Wildman–Crippen MR) is 135 cm³/mol. The van der Waals surface area contributed by atoms with E-state index in [0.29, 0.717) is 11.3 Å². The van der Waals surface area contributed by atoms with E-state index in [1.165, 1.54) is 18.2 Å². The van der Waals surface area contributed by atoms with Crippen molar-refractivity contribution >= 4 is 35.3 Å². The van der Waals surface area contributed by atoms with Crippen molar-refractivity contribution in [2.75, 3.05) is 29.9 Å². The molecule has 4 rings (SSSR count). The number of nitrogens with zero attached hydrogens (tertiary/aromatic N) is 3. The lowest BCUT2D eigenvalue weighted by Gasteiger charge is -2.26. The number of thioether (sulfide) groups is 1. The predicted octanol–water partition coefficient (Wildman–Crippen LogP) is 4.78. The Bertz CT molecular complexity index is 1240. The Hall–Kier alpha value is -3.39. The zero-order chi connectivity index (χ0) is 24.2. The molecule has 0 saturated carbocycles. The summed E-state index contributed by atoms with van der Waals surface area (Å²) >= 11 is 1.86. The second-order valence-electron chi connectivity index (χ2n) is 8.23. The molecule has 2 aromatic carbocycles. The summed E-state index contributed by atoms with van der Waals surface area (Å²) in [6.45, 7) is 7.18. The second kappa shape index (κ2) is 10.3. The molecule has 6 nitrogen and oxygen atoms in total. The maximum absolute atomic E-state index is 13.2. The number of halogens is 1. The first-order valence-corrected chi connectivity index (χ1v) is 12.3. The normalized spacial score (nSPS) is 13.9. The maximum atomic E-state index is 13.2. The smallest absolute Gasteiger partial charge is 0.253 e. The number of aryl methyl sites for hydroxylation is 2. The van der Waals surface area contributed by atoms with Crippen LogP contribution in [0.4, 0.5) is 10.1 Å². The number of hydrogen-bond acceptors (Lipinski definition) is 4. The minimum atomic E-state index is -0.305. The Morgan fingerprint density at radius 1 is 1.06 bits per heavy atom. The highest BCUT2D eigenvalue weighted by atomic mass is 32.2. The molecule has 3 aromatic rings. The molecule has 1 fully saturated rings. The van der Waals surface area contributed by atoms with Gasteiger partial charge in [-0.1, -0.05) is 0 Å². The van der Waals surface area contributed by atoms with Gasteiger partial charge in [-0.2, -0.15) is 16.9 Å². The van der Waals surface area contributed by atoms with E-state index in [1.54, 1.807) is 35.0 Å². The molecule has 176 valence electrons. The summed E-state index contributed by atoms with van der Waals surface area (Å²) in [5.74, 6) is 1.38. The summed E-state index contributed by atoms with van der Waals surface area (Å²) in [5.41, 5.74) is 5.32. The van der Waals surface area contributed by atoms with Crippen LogP contribution in [0.15, 0.2) is 48.5 Å². The molecular formula is C26H27FN4O2S. The third kappa shape index (κ3) is 5.22. The van der Waals surface area contributed by atoms with Crippen molar-refractivity contribution in [1.82, 2.24) is 14.7 Å². The highest BCUT2D eigenvalue weighted by Crippen LogP contribution is 2.21. The van der Waals surface area contributed by atoms with Gasteiger partial charge in [0.25, 0.3) is 5.91 Å². The molecular weight excluding hydrogens is 451 g/mol. The van der Waals surface area contributed by atoms with Gasteiger partial charge < -0.3 is 10.2 Å². The summed E-state index contributed by atoms with van der Waals surface area (Å²) < 4.78 is 15.0. The van der Waals surface area contributed by atoms with E-state index in [9.17, 15) is 14.0 Å². The third-order valence-corrected chi connectivity index (χ3v) is 6.79. The third-order valence-electron chi connectivity index (χ3n) is 5.85. The summed E-state index contributed by atoms with van der Waals surface area (Å²) in [6, 6.07) is 11.5. The number of carbonyl (C=O) groups is 2. The van der Waals surface area contributed by atoms with Gasteiger partial charge >= 0.3 is 0 Å². The van der Waals surface area contributed by atoms with Crippen LogP contribution in [0, 0.1) is 26.6 Å². The maximum Gasteiger partial charge on any atom is 0.253 e. The van der Waals surface area contributed by atoms with Crippen LogP contribution in [0.5, 0.6) is 0 Å². The van der Waals surface area contributed by atoms with Crippen LogP contribution in [0.25, 0.3) is 11.8 Å². The highest BCUT2D eigenvalue weighted by molar-refractivity contribution is 7.99. The average Bonchev–Trinajstić information content (AvgIpc) is 3.12. The Labute approximate surface area is 202 Å². The number of benzene rings is 2. The monoisotopic (exact) mass is 478 g/mol. The molecule has 0 radical (unpaired) electrons. The first-order valence-electron chi connectivity index (χ1n) is 11.1. The fourth-order valence-electron chi connectivity index (χ4n) is 3.95. The van der Waals surface area contributed by atoms with E-state index < -0.39 is 0 Å². The van der Waals surface area contributed by atoms with Gasteiger partial charge in [0.05, 0.1) is 11.4 Å². The summed E-state index contributed by atoms with van der Waals surface area (Å²) in [4.78, 5) is 27.2. The van der Waals surface area contributed by atoms with Crippen molar-refractivity contribution in [3.8, 4) is 5.69 Å². The standard InChI is InChI=1S/C26H27FN4O2S/c1-17-16-20(26(33)30-12-14-34-15-13-30)4-10-24(17)28-25(32)11-9-23-18(2)29-31(19(23)3)22-7-5-21(27)6-8-22/h4-11,16H,12-15H2,1-3H3,(H,28,32)/b11-9+. The van der Waals surface area contributed by atoms with Crippen molar-refractivity contribution in [1.29, 1.82) is 0 Å². The van der Waals surface area contributed by atoms with Crippen LogP contribution in [0.3, 0.4) is 0 Å². The van der Waals surface area contributed by atoms with Gasteiger partial charge in [0.1, 0.15) is 5.82 Å². The number of carbonyl (C=O) groups excluding carboxylic acids is 2.